The number of hydrogen-bond acceptors (Lipinski definition) is 5. The van der Waals surface area contributed by atoms with E-state index in [1.165, 1.54) is 15.6 Å². The Balaban J connectivity index is 2.00. The second-order valence-corrected chi connectivity index (χ2v) is 8.43. The molecule has 2 rings (SSSR count). The summed E-state index contributed by atoms with van der Waals surface area (Å²) < 4.78 is 32.1. The van der Waals surface area contributed by atoms with Crippen molar-refractivity contribution in [2.24, 2.45) is 0 Å². The molecule has 1 aromatic rings. The highest BCUT2D eigenvalue weighted by Gasteiger charge is 2.27. The maximum absolute atomic E-state index is 12.4. The minimum Gasteiger partial charge on any atom is -0.379 e. The summed E-state index contributed by atoms with van der Waals surface area (Å²) in [7, 11) is -3.33. The predicted molar refractivity (Wildman–Crippen MR) is 80.7 cm³/mol. The number of hydrogen-bond donors (Lipinski definition) is 1. The molecule has 0 aliphatic carbocycles. The molecule has 1 aromatic heterocycles. The zero-order valence-electron chi connectivity index (χ0n) is 12.0. The lowest BCUT2D eigenvalue weighted by Crippen LogP contribution is -2.40. The number of sulfonamides is 1. The largest absolute Gasteiger partial charge is 0.379 e. The van der Waals surface area contributed by atoms with Crippen molar-refractivity contribution in [2.75, 3.05) is 32.8 Å². The lowest BCUT2D eigenvalue weighted by molar-refractivity contribution is 0.0731. The minimum atomic E-state index is -3.33. The summed E-state index contributed by atoms with van der Waals surface area (Å²) in [4.78, 5) is 1.10. The van der Waals surface area contributed by atoms with Crippen LogP contribution in [0.15, 0.2) is 16.3 Å². The van der Waals surface area contributed by atoms with Gasteiger partial charge in [-0.05, 0) is 18.6 Å². The van der Waals surface area contributed by atoms with Gasteiger partial charge in [-0.15, -0.1) is 11.3 Å². The molecule has 0 saturated carbocycles. The second kappa shape index (κ2) is 7.00. The van der Waals surface area contributed by atoms with Gasteiger partial charge in [-0.1, -0.05) is 13.8 Å². The number of ether oxygens (including phenoxy) is 1. The fourth-order valence-corrected chi connectivity index (χ4v) is 4.95. The molecule has 0 unspecified atom stereocenters. The summed E-state index contributed by atoms with van der Waals surface area (Å²) in [6.07, 6.45) is 0.863. The van der Waals surface area contributed by atoms with Crippen molar-refractivity contribution in [3.8, 4) is 0 Å². The zero-order chi connectivity index (χ0) is 14.6. The normalized spacial score (nSPS) is 17.8. The van der Waals surface area contributed by atoms with Gasteiger partial charge >= 0.3 is 0 Å². The first kappa shape index (κ1) is 15.9. The van der Waals surface area contributed by atoms with E-state index in [4.69, 9.17) is 4.74 Å². The van der Waals surface area contributed by atoms with Gasteiger partial charge in [0, 0.05) is 30.6 Å². The molecule has 2 heterocycles. The van der Waals surface area contributed by atoms with E-state index in [9.17, 15) is 8.42 Å². The quantitative estimate of drug-likeness (QED) is 0.859. The van der Waals surface area contributed by atoms with E-state index in [0.29, 0.717) is 36.6 Å². The maximum Gasteiger partial charge on any atom is 0.252 e. The van der Waals surface area contributed by atoms with Crippen LogP contribution in [0.3, 0.4) is 0 Å². The van der Waals surface area contributed by atoms with Gasteiger partial charge in [-0.25, -0.2) is 8.42 Å². The van der Waals surface area contributed by atoms with Crippen LogP contribution < -0.4 is 5.32 Å². The Morgan fingerprint density at radius 2 is 2.05 bits per heavy atom. The monoisotopic (exact) mass is 318 g/mol. The number of nitrogens with zero attached hydrogens (tertiary/aromatic N) is 1. The third-order valence-corrected chi connectivity index (χ3v) is 6.64. The van der Waals surface area contributed by atoms with Gasteiger partial charge < -0.3 is 10.1 Å². The summed E-state index contributed by atoms with van der Waals surface area (Å²) in [6, 6.07) is 4.09. The van der Waals surface area contributed by atoms with Crippen molar-refractivity contribution in [2.45, 2.75) is 30.5 Å². The fraction of sp³-hybridized carbons (Fsp3) is 0.692. The van der Waals surface area contributed by atoms with E-state index in [1.807, 2.05) is 6.07 Å². The molecule has 0 bridgehead atoms. The average Bonchev–Trinajstić information content (AvgIpc) is 2.89. The molecule has 1 aliphatic rings. The van der Waals surface area contributed by atoms with Crippen molar-refractivity contribution in [1.82, 2.24) is 9.62 Å². The van der Waals surface area contributed by atoms with E-state index >= 15 is 0 Å². The lowest BCUT2D eigenvalue weighted by atomic mass is 10.3. The van der Waals surface area contributed by atoms with Crippen LogP contribution in [-0.2, 0) is 21.2 Å². The summed E-state index contributed by atoms with van der Waals surface area (Å²) in [6.45, 7) is 6.93. The molecule has 20 heavy (non-hydrogen) atoms. The molecule has 0 radical (unpaired) electrons. The molecule has 1 N–H and O–H groups in total. The van der Waals surface area contributed by atoms with Crippen molar-refractivity contribution in [1.29, 1.82) is 0 Å². The van der Waals surface area contributed by atoms with Crippen molar-refractivity contribution in [3.63, 3.8) is 0 Å². The molecule has 0 spiro atoms. The molecular formula is C13H22N2O3S2. The van der Waals surface area contributed by atoms with Crippen LogP contribution in [0.2, 0.25) is 0 Å². The predicted octanol–water partition coefficient (Wildman–Crippen LogP) is 1.31. The highest BCUT2D eigenvalue weighted by atomic mass is 32.2. The molecule has 0 amide bonds. The van der Waals surface area contributed by atoms with Crippen molar-refractivity contribution in [3.05, 3.63) is 17.0 Å². The van der Waals surface area contributed by atoms with E-state index in [2.05, 4.69) is 19.2 Å². The van der Waals surface area contributed by atoms with E-state index in [0.717, 1.165) is 17.8 Å². The first-order valence-corrected chi connectivity index (χ1v) is 9.16. The molecule has 0 atom stereocenters. The highest BCUT2D eigenvalue weighted by molar-refractivity contribution is 7.91. The molecular weight excluding hydrogens is 296 g/mol. The standard InChI is InChI=1S/C13H22N2O3S2/c1-11(2)14-6-5-12-3-4-13(19-12)20(16,17)15-7-9-18-10-8-15/h3-4,11,14H,5-10H2,1-2H3. The van der Waals surface area contributed by atoms with Crippen LogP contribution >= 0.6 is 11.3 Å². The van der Waals surface area contributed by atoms with Gasteiger partial charge in [0.25, 0.3) is 10.0 Å². The smallest absolute Gasteiger partial charge is 0.252 e. The lowest BCUT2D eigenvalue weighted by Gasteiger charge is -2.25. The number of nitrogens with one attached hydrogen (secondary N) is 1. The van der Waals surface area contributed by atoms with Gasteiger partial charge in [0.05, 0.1) is 13.2 Å². The SMILES string of the molecule is CC(C)NCCc1ccc(S(=O)(=O)N2CCOCC2)s1. The average molecular weight is 318 g/mol. The van der Waals surface area contributed by atoms with Crippen molar-refractivity contribution < 1.29 is 13.2 Å². The number of thiophene rings is 1. The third-order valence-electron chi connectivity index (χ3n) is 3.13. The van der Waals surface area contributed by atoms with Gasteiger partial charge in [-0.3, -0.25) is 0 Å². The molecule has 5 nitrogen and oxygen atoms in total. The van der Waals surface area contributed by atoms with Crippen LogP contribution in [0.4, 0.5) is 0 Å². The summed E-state index contributed by atoms with van der Waals surface area (Å²) in [5.41, 5.74) is 0. The summed E-state index contributed by atoms with van der Waals surface area (Å²) in [5, 5.41) is 3.34. The molecule has 1 aliphatic heterocycles. The van der Waals surface area contributed by atoms with Gasteiger partial charge in [-0.2, -0.15) is 4.31 Å². The number of morpholine rings is 1. The topological polar surface area (TPSA) is 58.6 Å². The van der Waals surface area contributed by atoms with Gasteiger partial charge in [0.2, 0.25) is 0 Å². The zero-order valence-corrected chi connectivity index (χ0v) is 13.6. The van der Waals surface area contributed by atoms with Crippen LogP contribution in [0.25, 0.3) is 0 Å². The van der Waals surface area contributed by atoms with Crippen molar-refractivity contribution >= 4 is 21.4 Å². The highest BCUT2D eigenvalue weighted by Crippen LogP contribution is 2.25. The Hall–Kier alpha value is -0.470. The molecule has 1 fully saturated rings. The Kier molecular flexibility index (Phi) is 5.57. The molecule has 1 saturated heterocycles. The minimum absolute atomic E-state index is 0.443. The Bertz CT molecular complexity index is 519. The first-order valence-electron chi connectivity index (χ1n) is 6.90. The Morgan fingerprint density at radius 1 is 1.35 bits per heavy atom. The Labute approximate surface area is 125 Å². The van der Waals surface area contributed by atoms with E-state index in [1.54, 1.807) is 6.07 Å². The summed E-state index contributed by atoms with van der Waals surface area (Å²) >= 11 is 1.37. The van der Waals surface area contributed by atoms with E-state index < -0.39 is 10.0 Å². The van der Waals surface area contributed by atoms with Gasteiger partial charge in [0.1, 0.15) is 4.21 Å². The Morgan fingerprint density at radius 3 is 2.70 bits per heavy atom. The number of rotatable bonds is 6. The second-order valence-electron chi connectivity index (χ2n) is 5.10. The van der Waals surface area contributed by atoms with Crippen LogP contribution in [0.5, 0.6) is 0 Å². The van der Waals surface area contributed by atoms with Crippen LogP contribution in [-0.4, -0.2) is 51.6 Å². The molecule has 7 heteroatoms. The maximum atomic E-state index is 12.4. The molecule has 0 aromatic carbocycles. The third kappa shape index (κ3) is 4.02. The van der Waals surface area contributed by atoms with Crippen LogP contribution in [0, 0.1) is 0 Å². The van der Waals surface area contributed by atoms with E-state index in [-0.39, 0.29) is 0 Å². The van der Waals surface area contributed by atoms with Crippen LogP contribution in [0.1, 0.15) is 18.7 Å². The first-order chi connectivity index (χ1) is 9.50. The summed E-state index contributed by atoms with van der Waals surface area (Å²) in [5.74, 6) is 0. The molecule has 114 valence electrons. The van der Waals surface area contributed by atoms with Gasteiger partial charge in [0.15, 0.2) is 0 Å². The fourth-order valence-electron chi connectivity index (χ4n) is 2.03.